The molecule has 0 aliphatic rings. The number of hydrogen-bond acceptors (Lipinski definition) is 3. The third-order valence-corrected chi connectivity index (χ3v) is 3.70. The van der Waals surface area contributed by atoms with E-state index in [-0.39, 0.29) is 0 Å². The number of nitrogens with two attached hydrogens (primary N) is 1. The molecule has 21 heavy (non-hydrogen) atoms. The zero-order chi connectivity index (χ0) is 15.4. The van der Waals surface area contributed by atoms with E-state index >= 15 is 0 Å². The number of hydrogen-bond donors (Lipinski definition) is 2. The van der Waals surface area contributed by atoms with Gasteiger partial charge in [-0.3, -0.25) is 11.3 Å². The first kappa shape index (κ1) is 15.9. The molecular weight excluding hydrogens is 342 g/mol. The minimum atomic E-state index is -0.632. The minimum Gasteiger partial charge on any atom is -0.496 e. The van der Waals surface area contributed by atoms with Crippen LogP contribution < -0.4 is 16.0 Å². The van der Waals surface area contributed by atoms with Crippen LogP contribution in [0.5, 0.6) is 5.75 Å². The summed E-state index contributed by atoms with van der Waals surface area (Å²) in [6, 6.07) is 8.50. The Kier molecular flexibility index (Phi) is 5.27. The summed E-state index contributed by atoms with van der Waals surface area (Å²) in [4.78, 5) is 0. The van der Waals surface area contributed by atoms with Gasteiger partial charge in [-0.2, -0.15) is 0 Å². The first-order valence-electron chi connectivity index (χ1n) is 6.28. The molecule has 6 heteroatoms. The molecule has 1 unspecified atom stereocenters. The van der Waals surface area contributed by atoms with E-state index < -0.39 is 17.7 Å². The van der Waals surface area contributed by atoms with Gasteiger partial charge in [-0.15, -0.1) is 0 Å². The van der Waals surface area contributed by atoms with Crippen molar-refractivity contribution in [3.63, 3.8) is 0 Å². The van der Waals surface area contributed by atoms with Crippen molar-refractivity contribution < 1.29 is 13.5 Å². The van der Waals surface area contributed by atoms with E-state index in [0.717, 1.165) is 16.1 Å². The predicted octanol–water partition coefficient (Wildman–Crippen LogP) is 3.48. The van der Waals surface area contributed by atoms with E-state index in [9.17, 15) is 8.78 Å². The lowest BCUT2D eigenvalue weighted by Crippen LogP contribution is -2.30. The molecule has 0 spiro atoms. The molecule has 3 nitrogen and oxygen atoms in total. The Labute approximate surface area is 130 Å². The van der Waals surface area contributed by atoms with Gasteiger partial charge in [-0.1, -0.05) is 22.0 Å². The van der Waals surface area contributed by atoms with Crippen molar-refractivity contribution in [2.24, 2.45) is 5.84 Å². The predicted molar refractivity (Wildman–Crippen MR) is 80.8 cm³/mol. The second-order valence-electron chi connectivity index (χ2n) is 4.55. The molecule has 2 aromatic rings. The van der Waals surface area contributed by atoms with E-state index in [1.807, 2.05) is 18.2 Å². The third kappa shape index (κ3) is 3.78. The maximum atomic E-state index is 13.9. The Morgan fingerprint density at radius 2 is 2.00 bits per heavy atom. The Balaban J connectivity index is 2.33. The highest BCUT2D eigenvalue weighted by atomic mass is 79.9. The summed E-state index contributed by atoms with van der Waals surface area (Å²) in [5.41, 5.74) is 3.73. The number of nitrogens with one attached hydrogen (secondary N) is 1. The van der Waals surface area contributed by atoms with E-state index in [1.165, 1.54) is 12.1 Å². The van der Waals surface area contributed by atoms with Gasteiger partial charge in [0.05, 0.1) is 13.2 Å². The van der Waals surface area contributed by atoms with Crippen molar-refractivity contribution in [2.45, 2.75) is 12.5 Å². The van der Waals surface area contributed by atoms with Gasteiger partial charge < -0.3 is 4.74 Å². The van der Waals surface area contributed by atoms with Gasteiger partial charge >= 0.3 is 0 Å². The largest absolute Gasteiger partial charge is 0.496 e. The standard InChI is InChI=1S/C15H15BrF2N2O/c1-21-15-5-2-10(16)6-9(15)7-14(20-19)12-4-3-11(17)8-13(12)18/h2-6,8,14,20H,7,19H2,1H3. The van der Waals surface area contributed by atoms with E-state index in [2.05, 4.69) is 21.4 Å². The summed E-state index contributed by atoms with van der Waals surface area (Å²) in [5.74, 6) is 4.96. The molecule has 0 aliphatic carbocycles. The van der Waals surface area contributed by atoms with Crippen molar-refractivity contribution in [3.05, 3.63) is 63.6 Å². The normalized spacial score (nSPS) is 12.2. The number of benzene rings is 2. The fourth-order valence-electron chi connectivity index (χ4n) is 2.17. The topological polar surface area (TPSA) is 47.3 Å². The molecule has 0 amide bonds. The average molecular weight is 357 g/mol. The van der Waals surface area contributed by atoms with Crippen LogP contribution in [0.4, 0.5) is 8.78 Å². The van der Waals surface area contributed by atoms with Gasteiger partial charge in [0.25, 0.3) is 0 Å². The molecule has 0 heterocycles. The van der Waals surface area contributed by atoms with Crippen molar-refractivity contribution in [2.75, 3.05) is 7.11 Å². The van der Waals surface area contributed by atoms with Crippen LogP contribution in [0.15, 0.2) is 40.9 Å². The lowest BCUT2D eigenvalue weighted by Gasteiger charge is -2.19. The lowest BCUT2D eigenvalue weighted by molar-refractivity contribution is 0.404. The molecule has 0 radical (unpaired) electrons. The van der Waals surface area contributed by atoms with Crippen molar-refractivity contribution in [3.8, 4) is 5.75 Å². The number of ether oxygens (including phenoxy) is 1. The first-order chi connectivity index (χ1) is 10.0. The third-order valence-electron chi connectivity index (χ3n) is 3.21. The molecule has 3 N–H and O–H groups in total. The first-order valence-corrected chi connectivity index (χ1v) is 7.08. The van der Waals surface area contributed by atoms with Crippen LogP contribution in [-0.4, -0.2) is 7.11 Å². The molecule has 1 atom stereocenters. The van der Waals surface area contributed by atoms with Crippen molar-refractivity contribution in [1.82, 2.24) is 5.43 Å². The highest BCUT2D eigenvalue weighted by molar-refractivity contribution is 9.10. The molecule has 2 rings (SSSR count). The Morgan fingerprint density at radius 1 is 1.24 bits per heavy atom. The highest BCUT2D eigenvalue weighted by Gasteiger charge is 2.18. The summed E-state index contributed by atoms with van der Waals surface area (Å²) in [5, 5.41) is 0. The Bertz CT molecular complexity index is 637. The van der Waals surface area contributed by atoms with E-state index in [0.29, 0.717) is 17.7 Å². The second kappa shape index (κ2) is 6.98. The Hall–Kier alpha value is -1.50. The van der Waals surface area contributed by atoms with Crippen LogP contribution in [0.25, 0.3) is 0 Å². The number of rotatable bonds is 5. The van der Waals surface area contributed by atoms with Gasteiger partial charge in [-0.05, 0) is 36.2 Å². The lowest BCUT2D eigenvalue weighted by atomic mass is 9.98. The maximum absolute atomic E-state index is 13.9. The second-order valence-corrected chi connectivity index (χ2v) is 5.46. The summed E-state index contributed by atoms with van der Waals surface area (Å²) < 4.78 is 33.0. The molecule has 0 fully saturated rings. The van der Waals surface area contributed by atoms with Crippen LogP contribution in [0.1, 0.15) is 17.2 Å². The highest BCUT2D eigenvalue weighted by Crippen LogP contribution is 2.28. The maximum Gasteiger partial charge on any atom is 0.130 e. The van der Waals surface area contributed by atoms with E-state index in [4.69, 9.17) is 10.6 Å². The molecule has 0 aliphatic heterocycles. The van der Waals surface area contributed by atoms with Crippen LogP contribution in [0.3, 0.4) is 0 Å². The fourth-order valence-corrected chi connectivity index (χ4v) is 2.58. The molecule has 0 saturated heterocycles. The van der Waals surface area contributed by atoms with Crippen molar-refractivity contribution >= 4 is 15.9 Å². The molecule has 2 aromatic carbocycles. The molecule has 0 aromatic heterocycles. The zero-order valence-corrected chi connectivity index (χ0v) is 13.0. The molecular formula is C15H15BrF2N2O. The summed E-state index contributed by atoms with van der Waals surface area (Å²) >= 11 is 3.39. The van der Waals surface area contributed by atoms with E-state index in [1.54, 1.807) is 7.11 Å². The zero-order valence-electron chi connectivity index (χ0n) is 11.4. The number of halogens is 3. The van der Waals surface area contributed by atoms with Crippen LogP contribution in [-0.2, 0) is 6.42 Å². The minimum absolute atomic E-state index is 0.306. The smallest absolute Gasteiger partial charge is 0.130 e. The summed E-state index contributed by atoms with van der Waals surface area (Å²) in [7, 11) is 1.57. The summed E-state index contributed by atoms with van der Waals surface area (Å²) in [6.07, 6.45) is 0.404. The SMILES string of the molecule is COc1ccc(Br)cc1CC(NN)c1ccc(F)cc1F. The van der Waals surface area contributed by atoms with Gasteiger partial charge in [-0.25, -0.2) is 8.78 Å². The van der Waals surface area contributed by atoms with Crippen LogP contribution in [0.2, 0.25) is 0 Å². The summed E-state index contributed by atoms with van der Waals surface area (Å²) in [6.45, 7) is 0. The quantitative estimate of drug-likeness (QED) is 0.636. The van der Waals surface area contributed by atoms with Crippen LogP contribution >= 0.6 is 15.9 Å². The van der Waals surface area contributed by atoms with Gasteiger partial charge in [0, 0.05) is 16.1 Å². The van der Waals surface area contributed by atoms with Gasteiger partial charge in [0.2, 0.25) is 0 Å². The van der Waals surface area contributed by atoms with Crippen molar-refractivity contribution in [1.29, 1.82) is 0 Å². The molecule has 0 saturated carbocycles. The monoisotopic (exact) mass is 356 g/mol. The molecule has 112 valence electrons. The van der Waals surface area contributed by atoms with Gasteiger partial charge in [0.1, 0.15) is 17.4 Å². The number of hydrazine groups is 1. The number of methoxy groups -OCH3 is 1. The van der Waals surface area contributed by atoms with Crippen LogP contribution in [0, 0.1) is 11.6 Å². The average Bonchev–Trinajstić information content (AvgIpc) is 2.45. The van der Waals surface area contributed by atoms with Gasteiger partial charge in [0.15, 0.2) is 0 Å². The fraction of sp³-hybridized carbons (Fsp3) is 0.200. The molecule has 0 bridgehead atoms. The Morgan fingerprint density at radius 3 is 2.62 bits per heavy atom.